The first kappa shape index (κ1) is 16.0. The van der Waals surface area contributed by atoms with Crippen LogP contribution < -0.4 is 5.32 Å². The summed E-state index contributed by atoms with van der Waals surface area (Å²) < 4.78 is 43.4. The average Bonchev–Trinajstić information content (AvgIpc) is 3.04. The van der Waals surface area contributed by atoms with Crippen molar-refractivity contribution in [2.45, 2.75) is 12.6 Å². The van der Waals surface area contributed by atoms with Gasteiger partial charge in [-0.2, -0.15) is 13.2 Å². The molecule has 0 saturated carbocycles. The molecule has 0 aliphatic carbocycles. The first-order chi connectivity index (χ1) is 11.5. The summed E-state index contributed by atoms with van der Waals surface area (Å²) in [4.78, 5) is 0. The van der Waals surface area contributed by atoms with Gasteiger partial charge in [-0.3, -0.25) is 0 Å². The van der Waals surface area contributed by atoms with Gasteiger partial charge in [0.05, 0.1) is 5.56 Å². The maximum absolute atomic E-state index is 12.6. The number of alkyl halides is 3. The van der Waals surface area contributed by atoms with Gasteiger partial charge in [0, 0.05) is 12.6 Å². The van der Waals surface area contributed by atoms with Crippen LogP contribution in [0.1, 0.15) is 16.7 Å². The Hall–Kier alpha value is -2.83. The van der Waals surface area contributed by atoms with Gasteiger partial charge >= 0.3 is 12.2 Å². The van der Waals surface area contributed by atoms with Crippen molar-refractivity contribution in [3.63, 3.8) is 0 Å². The molecular formula is C17H14F3N3O. The predicted octanol–water partition coefficient (Wildman–Crippen LogP) is 4.39. The van der Waals surface area contributed by atoms with E-state index in [1.54, 1.807) is 7.05 Å². The van der Waals surface area contributed by atoms with E-state index < -0.39 is 11.7 Å². The Bertz CT molecular complexity index is 826. The van der Waals surface area contributed by atoms with Crippen LogP contribution in [0.3, 0.4) is 0 Å². The second kappa shape index (κ2) is 6.35. The summed E-state index contributed by atoms with van der Waals surface area (Å²) >= 11 is 0. The van der Waals surface area contributed by atoms with E-state index in [2.05, 4.69) is 15.5 Å². The molecule has 0 saturated heterocycles. The molecular weight excluding hydrogens is 319 g/mol. The first-order valence-electron chi connectivity index (χ1n) is 7.23. The number of hydrogen-bond donors (Lipinski definition) is 1. The standard InChI is InChI=1S/C17H14F3N3O/c1-21-16-23-22-15(24-16)14-5-3-2-4-12(14)10-11-6-8-13(9-7-11)17(18,19)20/h2-9H,10H2,1H3,(H,21,23). The largest absolute Gasteiger partial charge is 0.416 e. The van der Waals surface area contributed by atoms with Crippen LogP contribution in [0.15, 0.2) is 52.9 Å². The highest BCUT2D eigenvalue weighted by Crippen LogP contribution is 2.30. The van der Waals surface area contributed by atoms with E-state index in [1.165, 1.54) is 12.1 Å². The molecule has 0 unspecified atom stereocenters. The van der Waals surface area contributed by atoms with Gasteiger partial charge in [-0.25, -0.2) is 0 Å². The van der Waals surface area contributed by atoms with Gasteiger partial charge in [0.1, 0.15) is 0 Å². The lowest BCUT2D eigenvalue weighted by Gasteiger charge is -2.09. The Morgan fingerprint density at radius 3 is 2.33 bits per heavy atom. The summed E-state index contributed by atoms with van der Waals surface area (Å²) in [5, 5.41) is 10.6. The van der Waals surface area contributed by atoms with Crippen LogP contribution in [0.5, 0.6) is 0 Å². The molecule has 4 nitrogen and oxygen atoms in total. The van der Waals surface area contributed by atoms with Gasteiger partial charge in [0.25, 0.3) is 0 Å². The summed E-state index contributed by atoms with van der Waals surface area (Å²) in [5.41, 5.74) is 1.76. The van der Waals surface area contributed by atoms with Gasteiger partial charge in [-0.15, -0.1) is 5.10 Å². The van der Waals surface area contributed by atoms with Crippen LogP contribution in [0.2, 0.25) is 0 Å². The molecule has 0 aliphatic heterocycles. The van der Waals surface area contributed by atoms with E-state index in [9.17, 15) is 13.2 Å². The Labute approximate surface area is 136 Å². The molecule has 24 heavy (non-hydrogen) atoms. The number of nitrogens with one attached hydrogen (secondary N) is 1. The third-order valence-corrected chi connectivity index (χ3v) is 3.56. The van der Waals surface area contributed by atoms with Gasteiger partial charge in [-0.05, 0) is 35.7 Å². The van der Waals surface area contributed by atoms with Gasteiger partial charge in [0.15, 0.2) is 0 Å². The van der Waals surface area contributed by atoms with Crippen LogP contribution in [-0.2, 0) is 12.6 Å². The van der Waals surface area contributed by atoms with Crippen molar-refractivity contribution >= 4 is 6.01 Å². The van der Waals surface area contributed by atoms with E-state index in [1.807, 2.05) is 24.3 Å². The maximum Gasteiger partial charge on any atom is 0.416 e. The minimum Gasteiger partial charge on any atom is -0.403 e. The highest BCUT2D eigenvalue weighted by molar-refractivity contribution is 5.59. The van der Waals surface area contributed by atoms with Crippen molar-refractivity contribution in [1.29, 1.82) is 0 Å². The molecule has 1 N–H and O–H groups in total. The first-order valence-corrected chi connectivity index (χ1v) is 7.23. The van der Waals surface area contributed by atoms with Gasteiger partial charge in [0.2, 0.25) is 5.89 Å². The summed E-state index contributed by atoms with van der Waals surface area (Å²) in [5.74, 6) is 0.363. The Morgan fingerprint density at radius 1 is 1.00 bits per heavy atom. The normalized spacial score (nSPS) is 11.5. The molecule has 0 spiro atoms. The van der Waals surface area contributed by atoms with E-state index in [0.29, 0.717) is 18.3 Å². The van der Waals surface area contributed by atoms with E-state index >= 15 is 0 Å². The van der Waals surface area contributed by atoms with E-state index in [0.717, 1.165) is 28.8 Å². The Kier molecular flexibility index (Phi) is 4.24. The molecule has 3 aromatic rings. The second-order valence-corrected chi connectivity index (χ2v) is 5.19. The lowest BCUT2D eigenvalue weighted by atomic mass is 9.99. The Balaban J connectivity index is 1.88. The molecule has 0 fully saturated rings. The minimum atomic E-state index is -4.33. The zero-order valence-electron chi connectivity index (χ0n) is 12.8. The van der Waals surface area contributed by atoms with E-state index in [-0.39, 0.29) is 0 Å². The van der Waals surface area contributed by atoms with Crippen molar-refractivity contribution in [3.05, 3.63) is 65.2 Å². The zero-order chi connectivity index (χ0) is 17.2. The lowest BCUT2D eigenvalue weighted by molar-refractivity contribution is -0.137. The molecule has 1 heterocycles. The van der Waals surface area contributed by atoms with Crippen LogP contribution in [0, 0.1) is 0 Å². The van der Waals surface area contributed by atoms with Crippen molar-refractivity contribution in [2.24, 2.45) is 0 Å². The quantitative estimate of drug-likeness (QED) is 0.769. The SMILES string of the molecule is CNc1nnc(-c2ccccc2Cc2ccc(C(F)(F)F)cc2)o1. The number of benzene rings is 2. The molecule has 0 radical (unpaired) electrons. The lowest BCUT2D eigenvalue weighted by Crippen LogP contribution is -2.04. The van der Waals surface area contributed by atoms with Gasteiger partial charge < -0.3 is 9.73 Å². The van der Waals surface area contributed by atoms with Gasteiger partial charge in [-0.1, -0.05) is 35.4 Å². The minimum absolute atomic E-state index is 0.300. The fraction of sp³-hybridized carbons (Fsp3) is 0.176. The number of hydrogen-bond acceptors (Lipinski definition) is 4. The molecule has 0 amide bonds. The van der Waals surface area contributed by atoms with Crippen molar-refractivity contribution in [2.75, 3.05) is 12.4 Å². The predicted molar refractivity (Wildman–Crippen MR) is 83.5 cm³/mol. The molecule has 1 aromatic heterocycles. The highest BCUT2D eigenvalue weighted by Gasteiger charge is 2.29. The fourth-order valence-corrected chi connectivity index (χ4v) is 2.35. The molecule has 2 aromatic carbocycles. The number of anilines is 1. The summed E-state index contributed by atoms with van der Waals surface area (Å²) in [6, 6.07) is 12.9. The molecule has 0 atom stereocenters. The smallest absolute Gasteiger partial charge is 0.403 e. The number of aromatic nitrogens is 2. The van der Waals surface area contributed by atoms with Crippen LogP contribution in [0.4, 0.5) is 19.2 Å². The zero-order valence-corrected chi connectivity index (χ0v) is 12.8. The molecule has 7 heteroatoms. The average molecular weight is 333 g/mol. The van der Waals surface area contributed by atoms with Crippen molar-refractivity contribution in [3.8, 4) is 11.5 Å². The molecule has 0 aliphatic rings. The summed E-state index contributed by atoms with van der Waals surface area (Å²) in [6.45, 7) is 0. The highest BCUT2D eigenvalue weighted by atomic mass is 19.4. The number of rotatable bonds is 4. The molecule has 3 rings (SSSR count). The monoisotopic (exact) mass is 333 g/mol. The van der Waals surface area contributed by atoms with Crippen molar-refractivity contribution in [1.82, 2.24) is 10.2 Å². The fourth-order valence-electron chi connectivity index (χ4n) is 2.35. The second-order valence-electron chi connectivity index (χ2n) is 5.19. The Morgan fingerprint density at radius 2 is 1.71 bits per heavy atom. The maximum atomic E-state index is 12.6. The summed E-state index contributed by atoms with van der Waals surface area (Å²) in [7, 11) is 1.67. The molecule has 124 valence electrons. The van der Waals surface area contributed by atoms with Crippen LogP contribution in [-0.4, -0.2) is 17.2 Å². The summed E-state index contributed by atoms with van der Waals surface area (Å²) in [6.07, 6.45) is -3.87. The van der Waals surface area contributed by atoms with E-state index in [4.69, 9.17) is 4.42 Å². The molecule has 0 bridgehead atoms. The topological polar surface area (TPSA) is 51.0 Å². The third kappa shape index (κ3) is 3.40. The van der Waals surface area contributed by atoms with Crippen LogP contribution >= 0.6 is 0 Å². The number of nitrogens with zero attached hydrogens (tertiary/aromatic N) is 2. The third-order valence-electron chi connectivity index (χ3n) is 3.56. The van der Waals surface area contributed by atoms with Crippen molar-refractivity contribution < 1.29 is 17.6 Å². The van der Waals surface area contributed by atoms with Crippen LogP contribution in [0.25, 0.3) is 11.5 Å². The number of halogens is 3.